The van der Waals surface area contributed by atoms with Crippen LogP contribution in [-0.2, 0) is 0 Å². The van der Waals surface area contributed by atoms with Crippen molar-refractivity contribution >= 4 is 29.3 Å². The van der Waals surface area contributed by atoms with Gasteiger partial charge in [0, 0.05) is 0 Å². The fourth-order valence-electron chi connectivity index (χ4n) is 6.56. The molecule has 0 nitrogen and oxygen atoms in total. The Kier molecular flexibility index (Phi) is 21.5. The largest absolute Gasteiger partial charge is 0.204 e. The number of rotatable bonds is 9. The molecule has 0 unspecified atom stereocenters. The minimum atomic E-state index is -0.752. The first-order valence-electron chi connectivity index (χ1n) is 20.1. The van der Waals surface area contributed by atoms with E-state index in [4.69, 9.17) is 23.2 Å². The Hall–Kier alpha value is -2.42. The number of allylic oxidation sites excluding steroid dienone is 3. The molecule has 4 heteroatoms. The standard InChI is InChI=1S/C14H20.C12H16Cl2.C12H16F2.C11H20/c1-11(2)5-6-13-7-9-14(10-8-13)12(3)4;2*1-7(2)9-5-11(13)12(14)6-10(9)8(3)4;1-8(2)10-6-5-7-11(10)9(3)4/h5-12H,1-4H3;2*5-8H,1-4H3;8-9H,5-7H2,1-4H3/b6-5+;;;. The van der Waals surface area contributed by atoms with Gasteiger partial charge in [0.1, 0.15) is 0 Å². The smallest absolute Gasteiger partial charge is 0.159 e. The van der Waals surface area contributed by atoms with Gasteiger partial charge in [0.2, 0.25) is 0 Å². The second-order valence-corrected chi connectivity index (χ2v) is 17.9. The van der Waals surface area contributed by atoms with E-state index in [-0.39, 0.29) is 11.8 Å². The van der Waals surface area contributed by atoms with Crippen LogP contribution in [0, 0.1) is 29.4 Å². The molecule has 0 N–H and O–H groups in total. The number of hydrogen-bond donors (Lipinski definition) is 0. The molecule has 1 aliphatic rings. The molecule has 0 atom stereocenters. The maximum absolute atomic E-state index is 13.0. The lowest BCUT2D eigenvalue weighted by molar-refractivity contribution is 0.503. The summed E-state index contributed by atoms with van der Waals surface area (Å²) in [7, 11) is 0. The monoisotopic (exact) mass is 768 g/mol. The van der Waals surface area contributed by atoms with Crippen LogP contribution in [0.2, 0.25) is 10.0 Å². The third-order valence-electron chi connectivity index (χ3n) is 9.72. The van der Waals surface area contributed by atoms with Crippen molar-refractivity contribution in [3.63, 3.8) is 0 Å². The normalized spacial score (nSPS) is 13.1. The van der Waals surface area contributed by atoms with Crippen molar-refractivity contribution in [1.82, 2.24) is 0 Å². The van der Waals surface area contributed by atoms with Crippen molar-refractivity contribution in [2.24, 2.45) is 17.8 Å². The maximum Gasteiger partial charge on any atom is 0.159 e. The van der Waals surface area contributed by atoms with Gasteiger partial charge in [-0.15, -0.1) is 0 Å². The van der Waals surface area contributed by atoms with Gasteiger partial charge in [-0.05, 0) is 124 Å². The third kappa shape index (κ3) is 16.5. The molecule has 0 spiro atoms. The van der Waals surface area contributed by atoms with Crippen LogP contribution in [0.5, 0.6) is 0 Å². The van der Waals surface area contributed by atoms with Crippen molar-refractivity contribution in [2.45, 2.75) is 160 Å². The fourth-order valence-corrected chi connectivity index (χ4v) is 6.90. The van der Waals surface area contributed by atoms with Crippen LogP contribution in [0.1, 0.15) is 193 Å². The van der Waals surface area contributed by atoms with Crippen LogP contribution >= 0.6 is 23.2 Å². The molecule has 0 fully saturated rings. The first kappa shape index (κ1) is 48.6. The molecule has 0 amide bonds. The molecule has 0 saturated heterocycles. The fraction of sp³-hybridized carbons (Fsp3) is 0.551. The molecule has 0 heterocycles. The van der Waals surface area contributed by atoms with Crippen LogP contribution in [0.25, 0.3) is 6.08 Å². The van der Waals surface area contributed by atoms with Gasteiger partial charge < -0.3 is 0 Å². The molecule has 0 radical (unpaired) electrons. The summed E-state index contributed by atoms with van der Waals surface area (Å²) < 4.78 is 26.0. The van der Waals surface area contributed by atoms with E-state index in [1.165, 1.54) is 53.6 Å². The minimum Gasteiger partial charge on any atom is -0.204 e. The highest BCUT2D eigenvalue weighted by Crippen LogP contribution is 2.36. The molecule has 3 aromatic rings. The summed E-state index contributed by atoms with van der Waals surface area (Å²) in [5.41, 5.74) is 10.6. The lowest BCUT2D eigenvalue weighted by Gasteiger charge is -2.16. The van der Waals surface area contributed by atoms with Crippen molar-refractivity contribution < 1.29 is 8.78 Å². The number of halogens is 4. The van der Waals surface area contributed by atoms with Crippen LogP contribution < -0.4 is 0 Å². The minimum absolute atomic E-state index is 0.225. The quantitative estimate of drug-likeness (QED) is 0.190. The van der Waals surface area contributed by atoms with Crippen LogP contribution in [0.15, 0.2) is 65.8 Å². The zero-order chi connectivity index (χ0) is 40.7. The lowest BCUT2D eigenvalue weighted by atomic mass is 9.90. The van der Waals surface area contributed by atoms with E-state index in [1.54, 1.807) is 11.1 Å². The Labute approximate surface area is 334 Å². The molecule has 296 valence electrons. The van der Waals surface area contributed by atoms with Crippen molar-refractivity contribution in [3.05, 3.63) is 121 Å². The summed E-state index contributed by atoms with van der Waals surface area (Å²) >= 11 is 12.0. The molecular weight excluding hydrogens is 697 g/mol. The highest BCUT2D eigenvalue weighted by molar-refractivity contribution is 6.42. The zero-order valence-corrected chi connectivity index (χ0v) is 37.5. The summed E-state index contributed by atoms with van der Waals surface area (Å²) in [4.78, 5) is 0. The Morgan fingerprint density at radius 2 is 0.811 bits per heavy atom. The van der Waals surface area contributed by atoms with Crippen LogP contribution in [0.4, 0.5) is 8.78 Å². The first-order valence-corrected chi connectivity index (χ1v) is 20.8. The van der Waals surface area contributed by atoms with Gasteiger partial charge in [-0.1, -0.05) is 182 Å². The lowest BCUT2D eigenvalue weighted by Crippen LogP contribution is -2.01. The van der Waals surface area contributed by atoms with Crippen molar-refractivity contribution in [2.75, 3.05) is 0 Å². The van der Waals surface area contributed by atoms with Gasteiger partial charge >= 0.3 is 0 Å². The van der Waals surface area contributed by atoms with E-state index in [1.807, 2.05) is 39.8 Å². The van der Waals surface area contributed by atoms with E-state index in [0.717, 1.165) is 23.0 Å². The second kappa shape index (κ2) is 23.5. The first-order chi connectivity index (χ1) is 24.6. The predicted octanol–water partition coefficient (Wildman–Crippen LogP) is 17.7. The molecule has 0 aromatic heterocycles. The van der Waals surface area contributed by atoms with Crippen LogP contribution in [-0.4, -0.2) is 0 Å². The molecule has 0 bridgehead atoms. The summed E-state index contributed by atoms with van der Waals surface area (Å²) in [6, 6.07) is 15.4. The van der Waals surface area contributed by atoms with Crippen LogP contribution in [0.3, 0.4) is 0 Å². The average molecular weight is 770 g/mol. The summed E-state index contributed by atoms with van der Waals surface area (Å²) in [6.45, 7) is 34.7. The molecule has 1 aliphatic carbocycles. The molecule has 0 saturated carbocycles. The highest BCUT2D eigenvalue weighted by atomic mass is 35.5. The van der Waals surface area contributed by atoms with E-state index in [9.17, 15) is 8.78 Å². The van der Waals surface area contributed by atoms with Gasteiger partial charge in [-0.3, -0.25) is 0 Å². The maximum atomic E-state index is 13.0. The van der Waals surface area contributed by atoms with Crippen molar-refractivity contribution in [3.8, 4) is 0 Å². The van der Waals surface area contributed by atoms with Crippen molar-refractivity contribution in [1.29, 1.82) is 0 Å². The van der Waals surface area contributed by atoms with E-state index < -0.39 is 11.6 Å². The predicted molar refractivity (Wildman–Crippen MR) is 234 cm³/mol. The van der Waals surface area contributed by atoms with Gasteiger partial charge in [0.05, 0.1) is 10.0 Å². The molecule has 53 heavy (non-hydrogen) atoms. The van der Waals surface area contributed by atoms with Gasteiger partial charge in [-0.25, -0.2) is 8.78 Å². The molecule has 4 rings (SSSR count). The Bertz CT molecular complexity index is 1430. The Balaban J connectivity index is 0.000000355. The summed E-state index contributed by atoms with van der Waals surface area (Å²) in [5.74, 6) is 2.74. The van der Waals surface area contributed by atoms with Gasteiger partial charge in [0.25, 0.3) is 0 Å². The average Bonchev–Trinajstić information content (AvgIpc) is 3.58. The van der Waals surface area contributed by atoms with E-state index >= 15 is 0 Å². The second-order valence-electron chi connectivity index (χ2n) is 17.0. The highest BCUT2D eigenvalue weighted by Gasteiger charge is 2.19. The van der Waals surface area contributed by atoms with E-state index in [2.05, 4.69) is 120 Å². The molecule has 0 aliphatic heterocycles. The number of hydrogen-bond acceptors (Lipinski definition) is 0. The summed E-state index contributed by atoms with van der Waals surface area (Å²) in [6.07, 6.45) is 8.55. The Morgan fingerprint density at radius 1 is 0.472 bits per heavy atom. The third-order valence-corrected chi connectivity index (χ3v) is 10.4. The Morgan fingerprint density at radius 3 is 1.09 bits per heavy atom. The topological polar surface area (TPSA) is 0 Å². The van der Waals surface area contributed by atoms with E-state index in [0.29, 0.717) is 33.7 Å². The SMILES string of the molecule is CC(C)/C=C/c1ccc(C(C)C)cc1.CC(C)C1=C(C(C)C)CCC1.CC(C)c1cc(Cl)c(Cl)cc1C(C)C.CC(C)c1cc(F)c(F)cc1C(C)C. The molecular formula is C49H72Cl2F2. The molecule has 3 aromatic carbocycles. The number of benzene rings is 3. The van der Waals surface area contributed by atoms with Gasteiger partial charge in [-0.2, -0.15) is 0 Å². The van der Waals surface area contributed by atoms with Gasteiger partial charge in [0.15, 0.2) is 11.6 Å². The zero-order valence-electron chi connectivity index (χ0n) is 36.0. The summed E-state index contributed by atoms with van der Waals surface area (Å²) in [5, 5.41) is 1.31.